The second-order valence-corrected chi connectivity index (χ2v) is 8.23. The van der Waals surface area contributed by atoms with Crippen molar-refractivity contribution < 1.29 is 9.53 Å². The van der Waals surface area contributed by atoms with Crippen LogP contribution in [0.2, 0.25) is 10.0 Å². The van der Waals surface area contributed by atoms with Crippen molar-refractivity contribution in [2.45, 2.75) is 19.9 Å². The summed E-state index contributed by atoms with van der Waals surface area (Å²) in [5, 5.41) is 5.16. The number of ether oxygens (including phenoxy) is 1. The molecule has 0 aliphatic rings. The molecule has 0 saturated carbocycles. The first-order valence-electron chi connectivity index (χ1n) is 8.85. The van der Waals surface area contributed by atoms with Gasteiger partial charge in [0.05, 0.1) is 23.1 Å². The van der Waals surface area contributed by atoms with Crippen molar-refractivity contribution in [3.05, 3.63) is 63.1 Å². The van der Waals surface area contributed by atoms with Crippen LogP contribution in [0.15, 0.2) is 41.9 Å². The molecule has 0 saturated heterocycles. The Bertz CT molecular complexity index is 1200. The van der Waals surface area contributed by atoms with E-state index in [2.05, 4.69) is 9.95 Å². The molecule has 2 heterocycles. The van der Waals surface area contributed by atoms with Crippen LogP contribution in [0.3, 0.4) is 0 Å². The van der Waals surface area contributed by atoms with Crippen LogP contribution in [-0.4, -0.2) is 25.0 Å². The van der Waals surface area contributed by atoms with Crippen molar-refractivity contribution in [1.29, 1.82) is 0 Å². The van der Waals surface area contributed by atoms with E-state index >= 15 is 0 Å². The van der Waals surface area contributed by atoms with Crippen LogP contribution in [0.1, 0.15) is 18.1 Å². The number of nitrogens with zero attached hydrogens (tertiary/aromatic N) is 1. The van der Waals surface area contributed by atoms with Crippen LogP contribution in [0.5, 0.6) is 0 Å². The van der Waals surface area contributed by atoms with E-state index in [9.17, 15) is 4.79 Å². The lowest BCUT2D eigenvalue weighted by molar-refractivity contribution is -0.142. The fourth-order valence-corrected chi connectivity index (χ4v) is 4.91. The second kappa shape index (κ2) is 7.82. The minimum Gasteiger partial charge on any atom is -0.466 e. The van der Waals surface area contributed by atoms with E-state index in [1.54, 1.807) is 18.3 Å². The maximum atomic E-state index is 12.0. The summed E-state index contributed by atoms with van der Waals surface area (Å²) in [4.78, 5) is 12.0. The quantitative estimate of drug-likeness (QED) is 0.327. The van der Waals surface area contributed by atoms with Gasteiger partial charge in [-0.15, -0.1) is 11.3 Å². The number of rotatable bonds is 5. The number of hydrogen-bond acceptors (Lipinski definition) is 3. The normalized spacial score (nSPS) is 11.4. The van der Waals surface area contributed by atoms with Gasteiger partial charge >= 0.3 is 5.97 Å². The van der Waals surface area contributed by atoms with Crippen molar-refractivity contribution >= 4 is 74.8 Å². The Labute approximate surface area is 178 Å². The SMILES string of the molecule is [B]c1ccc2c(CC(=O)OCC)cn(Cc3csc4ccc(Cl)c(Cl)c34)c2c1. The van der Waals surface area contributed by atoms with Crippen molar-refractivity contribution in [1.82, 2.24) is 4.57 Å². The largest absolute Gasteiger partial charge is 0.466 e. The van der Waals surface area contributed by atoms with Gasteiger partial charge in [0, 0.05) is 33.7 Å². The van der Waals surface area contributed by atoms with Crippen molar-refractivity contribution in [2.24, 2.45) is 0 Å². The molecule has 140 valence electrons. The van der Waals surface area contributed by atoms with Crippen LogP contribution in [0.4, 0.5) is 0 Å². The van der Waals surface area contributed by atoms with Crippen LogP contribution in [-0.2, 0) is 22.5 Å². The van der Waals surface area contributed by atoms with Crippen molar-refractivity contribution in [3.8, 4) is 0 Å². The van der Waals surface area contributed by atoms with Gasteiger partial charge in [0.2, 0.25) is 0 Å². The molecule has 4 aromatic rings. The van der Waals surface area contributed by atoms with E-state index in [1.165, 1.54) is 0 Å². The Balaban J connectivity index is 1.80. The molecule has 0 bridgehead atoms. The number of benzene rings is 2. The Morgan fingerprint density at radius 1 is 1.21 bits per heavy atom. The molecule has 28 heavy (non-hydrogen) atoms. The highest BCUT2D eigenvalue weighted by Crippen LogP contribution is 2.37. The van der Waals surface area contributed by atoms with Gasteiger partial charge in [-0.05, 0) is 41.6 Å². The first kappa shape index (κ1) is 19.4. The lowest BCUT2D eigenvalue weighted by Gasteiger charge is -2.07. The fraction of sp³-hybridized carbons (Fsp3) is 0.190. The summed E-state index contributed by atoms with van der Waals surface area (Å²) in [5.41, 5.74) is 3.63. The molecule has 0 unspecified atom stereocenters. The van der Waals surface area contributed by atoms with E-state index in [0.717, 1.165) is 32.1 Å². The second-order valence-electron chi connectivity index (χ2n) is 6.54. The molecule has 0 atom stereocenters. The minimum atomic E-state index is -0.241. The predicted octanol–water partition coefficient (Wildman–Crippen LogP) is 5.11. The Kier molecular flexibility index (Phi) is 5.41. The molecule has 2 aromatic heterocycles. The molecule has 0 amide bonds. The fourth-order valence-electron chi connectivity index (χ4n) is 3.45. The van der Waals surface area contributed by atoms with E-state index in [1.807, 2.05) is 36.5 Å². The molecule has 4 rings (SSSR count). The van der Waals surface area contributed by atoms with Gasteiger partial charge in [0.15, 0.2) is 0 Å². The molecule has 0 aliphatic heterocycles. The molecular formula is C21H16BCl2NO2S. The molecule has 3 nitrogen and oxygen atoms in total. The number of hydrogen-bond donors (Lipinski definition) is 0. The van der Waals surface area contributed by atoms with E-state index in [4.69, 9.17) is 35.8 Å². The molecule has 2 radical (unpaired) electrons. The number of carbonyl (C=O) groups excluding carboxylic acids is 1. The van der Waals surface area contributed by atoms with E-state index < -0.39 is 0 Å². The zero-order chi connectivity index (χ0) is 19.8. The van der Waals surface area contributed by atoms with Crippen molar-refractivity contribution in [3.63, 3.8) is 0 Å². The van der Waals surface area contributed by atoms with Crippen LogP contribution < -0.4 is 5.46 Å². The van der Waals surface area contributed by atoms with Crippen LogP contribution in [0, 0.1) is 0 Å². The van der Waals surface area contributed by atoms with Gasteiger partial charge in [0.1, 0.15) is 7.85 Å². The Morgan fingerprint density at radius 2 is 2.04 bits per heavy atom. The Hall–Kier alpha value is -1.95. The van der Waals surface area contributed by atoms with E-state index in [0.29, 0.717) is 28.7 Å². The molecule has 0 aliphatic carbocycles. The van der Waals surface area contributed by atoms with Gasteiger partial charge < -0.3 is 9.30 Å². The number of fused-ring (bicyclic) bond motifs is 2. The lowest BCUT2D eigenvalue weighted by atomic mass is 9.94. The summed E-state index contributed by atoms with van der Waals surface area (Å²) >= 11 is 14.3. The van der Waals surface area contributed by atoms with Gasteiger partial charge in [-0.1, -0.05) is 40.8 Å². The van der Waals surface area contributed by atoms with Gasteiger partial charge in [-0.25, -0.2) is 0 Å². The number of carbonyl (C=O) groups is 1. The number of halogens is 2. The molecule has 0 fully saturated rings. The smallest absolute Gasteiger partial charge is 0.310 e. The predicted molar refractivity (Wildman–Crippen MR) is 119 cm³/mol. The summed E-state index contributed by atoms with van der Waals surface area (Å²) in [5.74, 6) is -0.241. The lowest BCUT2D eigenvalue weighted by Crippen LogP contribution is -2.07. The standard InChI is InChI=1S/C21H16BCl2NO2S/c1-2-27-19(26)7-12-9-25(17-8-14(22)3-4-15(12)17)10-13-11-28-18-6-5-16(23)21(24)20(13)18/h3-6,8-9,11H,2,7,10H2,1H3. The molecular weight excluding hydrogens is 412 g/mol. The molecule has 7 heteroatoms. The zero-order valence-corrected chi connectivity index (χ0v) is 17.5. The molecule has 0 spiro atoms. The Morgan fingerprint density at radius 3 is 2.82 bits per heavy atom. The summed E-state index contributed by atoms with van der Waals surface area (Å²) < 4.78 is 8.30. The first-order valence-corrected chi connectivity index (χ1v) is 10.5. The van der Waals surface area contributed by atoms with Crippen LogP contribution >= 0.6 is 34.5 Å². The van der Waals surface area contributed by atoms with E-state index in [-0.39, 0.29) is 12.4 Å². The summed E-state index contributed by atoms with van der Waals surface area (Å²) in [7, 11) is 6.02. The zero-order valence-electron chi connectivity index (χ0n) is 15.2. The van der Waals surface area contributed by atoms with Gasteiger partial charge in [-0.3, -0.25) is 4.79 Å². The minimum absolute atomic E-state index is 0.220. The average molecular weight is 428 g/mol. The molecule has 0 N–H and O–H groups in total. The monoisotopic (exact) mass is 427 g/mol. The number of esters is 1. The van der Waals surface area contributed by atoms with Gasteiger partial charge in [0.25, 0.3) is 0 Å². The summed E-state index contributed by atoms with van der Waals surface area (Å²) in [6, 6.07) is 9.52. The maximum Gasteiger partial charge on any atom is 0.310 e. The highest BCUT2D eigenvalue weighted by atomic mass is 35.5. The highest BCUT2D eigenvalue weighted by Gasteiger charge is 2.16. The highest BCUT2D eigenvalue weighted by molar-refractivity contribution is 7.17. The number of aromatic nitrogens is 1. The summed E-state index contributed by atoms with van der Waals surface area (Å²) in [6.45, 7) is 2.77. The third-order valence-corrected chi connectivity index (χ3v) is 6.48. The van der Waals surface area contributed by atoms with Gasteiger partial charge in [-0.2, -0.15) is 0 Å². The average Bonchev–Trinajstić information content (AvgIpc) is 3.21. The van der Waals surface area contributed by atoms with Crippen molar-refractivity contribution in [2.75, 3.05) is 6.61 Å². The maximum absolute atomic E-state index is 12.0. The van der Waals surface area contributed by atoms with Crippen LogP contribution in [0.25, 0.3) is 21.0 Å². The molecule has 2 aromatic carbocycles. The third-order valence-electron chi connectivity index (χ3n) is 4.68. The summed E-state index contributed by atoms with van der Waals surface area (Å²) in [6.07, 6.45) is 2.21. The number of thiophene rings is 1. The topological polar surface area (TPSA) is 31.2 Å². The first-order chi connectivity index (χ1) is 13.5. The third kappa shape index (κ3) is 3.55.